The molecule has 6 heteroatoms. The average molecular weight is 361 g/mol. The largest absolute Gasteiger partial charge is 0.370 e. The van der Waals surface area contributed by atoms with E-state index in [1.807, 2.05) is 4.90 Å². The molecular formula is C20H28FN3O2. The third kappa shape index (κ3) is 4.42. The maximum atomic E-state index is 13.1. The van der Waals surface area contributed by atoms with Crippen molar-refractivity contribution >= 4 is 5.91 Å². The predicted octanol–water partition coefficient (Wildman–Crippen LogP) is 1.90. The second-order valence-electron chi connectivity index (χ2n) is 7.65. The first-order valence-corrected chi connectivity index (χ1v) is 9.80. The summed E-state index contributed by atoms with van der Waals surface area (Å²) in [5.41, 5.74) is 0.929. The van der Waals surface area contributed by atoms with Crippen molar-refractivity contribution in [2.75, 3.05) is 52.4 Å². The van der Waals surface area contributed by atoms with E-state index >= 15 is 0 Å². The van der Waals surface area contributed by atoms with Gasteiger partial charge in [-0.15, -0.1) is 0 Å². The van der Waals surface area contributed by atoms with Gasteiger partial charge in [-0.25, -0.2) is 4.39 Å². The van der Waals surface area contributed by atoms with Crippen LogP contribution in [0.3, 0.4) is 0 Å². The highest BCUT2D eigenvalue weighted by Crippen LogP contribution is 2.27. The zero-order valence-electron chi connectivity index (χ0n) is 15.3. The summed E-state index contributed by atoms with van der Waals surface area (Å²) < 4.78 is 18.9. The Kier molecular flexibility index (Phi) is 5.52. The molecule has 1 aromatic carbocycles. The van der Waals surface area contributed by atoms with Crippen molar-refractivity contribution in [3.05, 3.63) is 35.6 Å². The molecule has 26 heavy (non-hydrogen) atoms. The molecule has 0 bridgehead atoms. The third-order valence-electron chi connectivity index (χ3n) is 5.71. The zero-order chi connectivity index (χ0) is 17.9. The van der Waals surface area contributed by atoms with Crippen molar-refractivity contribution in [1.29, 1.82) is 0 Å². The van der Waals surface area contributed by atoms with Gasteiger partial charge in [-0.2, -0.15) is 0 Å². The fourth-order valence-electron chi connectivity index (χ4n) is 4.00. The van der Waals surface area contributed by atoms with Crippen LogP contribution in [0.2, 0.25) is 0 Å². The van der Waals surface area contributed by atoms with Gasteiger partial charge >= 0.3 is 0 Å². The number of rotatable bonds is 4. The molecule has 1 aromatic rings. The van der Waals surface area contributed by atoms with Gasteiger partial charge in [0, 0.05) is 25.7 Å². The summed E-state index contributed by atoms with van der Waals surface area (Å²) in [4.78, 5) is 19.6. The van der Waals surface area contributed by atoms with E-state index in [2.05, 4.69) is 9.80 Å². The van der Waals surface area contributed by atoms with E-state index in [1.165, 1.54) is 31.5 Å². The lowest BCUT2D eigenvalue weighted by molar-refractivity contribution is -0.140. The highest BCUT2D eigenvalue weighted by atomic mass is 19.1. The van der Waals surface area contributed by atoms with Gasteiger partial charge in [0.2, 0.25) is 5.91 Å². The van der Waals surface area contributed by atoms with Crippen LogP contribution in [-0.4, -0.2) is 79.1 Å². The Morgan fingerprint density at radius 3 is 2.65 bits per heavy atom. The fourth-order valence-corrected chi connectivity index (χ4v) is 4.00. The summed E-state index contributed by atoms with van der Waals surface area (Å²) in [6.45, 7) is 6.44. The lowest BCUT2D eigenvalue weighted by Crippen LogP contribution is -2.47. The van der Waals surface area contributed by atoms with Crippen molar-refractivity contribution in [3.63, 3.8) is 0 Å². The van der Waals surface area contributed by atoms with Gasteiger partial charge < -0.3 is 9.64 Å². The maximum Gasteiger partial charge on any atom is 0.236 e. The topological polar surface area (TPSA) is 36.0 Å². The molecule has 2 aliphatic heterocycles. The van der Waals surface area contributed by atoms with Crippen LogP contribution in [0.1, 0.15) is 30.9 Å². The molecule has 1 amide bonds. The van der Waals surface area contributed by atoms with Gasteiger partial charge in [0.15, 0.2) is 0 Å². The number of nitrogens with zero attached hydrogens (tertiary/aromatic N) is 3. The van der Waals surface area contributed by atoms with Crippen molar-refractivity contribution in [2.45, 2.75) is 31.4 Å². The molecule has 3 fully saturated rings. The van der Waals surface area contributed by atoms with Gasteiger partial charge in [-0.05, 0) is 50.0 Å². The van der Waals surface area contributed by atoms with E-state index < -0.39 is 0 Å². The number of halogens is 1. The van der Waals surface area contributed by atoms with Crippen molar-refractivity contribution in [1.82, 2.24) is 14.7 Å². The molecule has 3 aliphatic rings. The standard InChI is InChI=1S/C20H28FN3O2/c21-17-4-2-16(3-5-17)19-14-24(12-13-26-19)20(25)15-22-8-1-9-23(11-10-22)18-6-7-18/h2-5,18-19H,1,6-15H2. The average Bonchev–Trinajstić information content (AvgIpc) is 3.50. The maximum absolute atomic E-state index is 13.1. The van der Waals surface area contributed by atoms with Crippen LogP contribution in [0.15, 0.2) is 24.3 Å². The summed E-state index contributed by atoms with van der Waals surface area (Å²) in [7, 11) is 0. The van der Waals surface area contributed by atoms with Crippen molar-refractivity contribution in [2.24, 2.45) is 0 Å². The molecule has 2 heterocycles. The van der Waals surface area contributed by atoms with Gasteiger partial charge in [0.25, 0.3) is 0 Å². The van der Waals surface area contributed by atoms with Gasteiger partial charge in [0.1, 0.15) is 11.9 Å². The number of ether oxygens (including phenoxy) is 1. The van der Waals surface area contributed by atoms with E-state index in [9.17, 15) is 9.18 Å². The number of carbonyl (C=O) groups excluding carboxylic acids is 1. The van der Waals surface area contributed by atoms with Crippen LogP contribution in [0.4, 0.5) is 4.39 Å². The van der Waals surface area contributed by atoms with E-state index in [-0.39, 0.29) is 17.8 Å². The smallest absolute Gasteiger partial charge is 0.236 e. The van der Waals surface area contributed by atoms with Crippen LogP contribution in [0.25, 0.3) is 0 Å². The van der Waals surface area contributed by atoms with Gasteiger partial charge in [-0.1, -0.05) is 12.1 Å². The highest BCUT2D eigenvalue weighted by Gasteiger charge is 2.31. The second-order valence-corrected chi connectivity index (χ2v) is 7.65. The van der Waals surface area contributed by atoms with Crippen LogP contribution in [0, 0.1) is 5.82 Å². The van der Waals surface area contributed by atoms with Gasteiger partial charge in [-0.3, -0.25) is 14.6 Å². The first-order valence-electron chi connectivity index (χ1n) is 9.80. The molecule has 0 aromatic heterocycles. The Morgan fingerprint density at radius 1 is 1.08 bits per heavy atom. The molecule has 4 rings (SSSR count). The molecule has 1 atom stereocenters. The number of hydrogen-bond donors (Lipinski definition) is 0. The lowest BCUT2D eigenvalue weighted by Gasteiger charge is -2.34. The number of morpholine rings is 1. The quantitative estimate of drug-likeness (QED) is 0.821. The summed E-state index contributed by atoms with van der Waals surface area (Å²) >= 11 is 0. The molecule has 142 valence electrons. The van der Waals surface area contributed by atoms with Crippen molar-refractivity contribution in [3.8, 4) is 0 Å². The molecular weight excluding hydrogens is 333 g/mol. The minimum absolute atomic E-state index is 0.164. The Morgan fingerprint density at radius 2 is 1.88 bits per heavy atom. The summed E-state index contributed by atoms with van der Waals surface area (Å²) in [6, 6.07) is 7.19. The van der Waals surface area contributed by atoms with Crippen LogP contribution in [-0.2, 0) is 9.53 Å². The fraction of sp³-hybridized carbons (Fsp3) is 0.650. The molecule has 1 unspecified atom stereocenters. The molecule has 1 aliphatic carbocycles. The van der Waals surface area contributed by atoms with Crippen molar-refractivity contribution < 1.29 is 13.9 Å². The molecule has 5 nitrogen and oxygen atoms in total. The Labute approximate surface area is 154 Å². The van der Waals surface area contributed by atoms with Crippen LogP contribution >= 0.6 is 0 Å². The number of amides is 1. The number of benzene rings is 1. The second kappa shape index (κ2) is 8.03. The van der Waals surface area contributed by atoms with Gasteiger partial charge in [0.05, 0.1) is 19.7 Å². The zero-order valence-corrected chi connectivity index (χ0v) is 15.3. The normalized spacial score (nSPS) is 25.9. The Bertz CT molecular complexity index is 620. The highest BCUT2D eigenvalue weighted by molar-refractivity contribution is 5.78. The molecule has 0 N–H and O–H groups in total. The SMILES string of the molecule is O=C(CN1CCCN(C2CC2)CC1)N1CCOC(c2ccc(F)cc2)C1. The summed E-state index contributed by atoms with van der Waals surface area (Å²) in [5, 5.41) is 0. The molecule has 0 spiro atoms. The van der Waals surface area contributed by atoms with E-state index in [0.29, 0.717) is 26.2 Å². The first kappa shape index (κ1) is 17.9. The molecule has 2 saturated heterocycles. The Balaban J connectivity index is 1.30. The van der Waals surface area contributed by atoms with E-state index in [0.717, 1.165) is 37.7 Å². The molecule has 1 saturated carbocycles. The third-order valence-corrected chi connectivity index (χ3v) is 5.71. The van der Waals surface area contributed by atoms with Crippen LogP contribution in [0.5, 0.6) is 0 Å². The predicted molar refractivity (Wildman–Crippen MR) is 97.3 cm³/mol. The summed E-state index contributed by atoms with van der Waals surface area (Å²) in [5.74, 6) is -0.0702. The minimum Gasteiger partial charge on any atom is -0.370 e. The minimum atomic E-state index is -0.251. The first-order chi connectivity index (χ1) is 12.7. The molecule has 0 radical (unpaired) electrons. The monoisotopic (exact) mass is 361 g/mol. The lowest BCUT2D eigenvalue weighted by atomic mass is 10.1. The van der Waals surface area contributed by atoms with E-state index in [1.54, 1.807) is 12.1 Å². The number of carbonyl (C=O) groups is 1. The van der Waals surface area contributed by atoms with E-state index in [4.69, 9.17) is 4.74 Å². The van der Waals surface area contributed by atoms with Crippen LogP contribution < -0.4 is 0 Å². The summed E-state index contributed by atoms with van der Waals surface area (Å²) in [6.07, 6.45) is 3.67. The number of hydrogen-bond acceptors (Lipinski definition) is 4. The Hall–Kier alpha value is -1.50.